The number of rotatable bonds is 18. The van der Waals surface area contributed by atoms with E-state index >= 15 is 38.4 Å². The van der Waals surface area contributed by atoms with Gasteiger partial charge < -0.3 is 70.3 Å². The van der Waals surface area contributed by atoms with Crippen LogP contribution in [-0.4, -0.2) is 262 Å². The van der Waals surface area contributed by atoms with Gasteiger partial charge in [-0.3, -0.25) is 57.5 Å². The van der Waals surface area contributed by atoms with Gasteiger partial charge in [-0.05, 0) is 120 Å². The lowest BCUT2D eigenvalue weighted by molar-refractivity contribution is -0.152. The van der Waals surface area contributed by atoms with E-state index in [1.807, 2.05) is 83.1 Å². The van der Waals surface area contributed by atoms with E-state index in [-0.39, 0.29) is 101 Å². The van der Waals surface area contributed by atoms with Crippen LogP contribution in [0, 0.1) is 35.5 Å². The van der Waals surface area contributed by atoms with Crippen LogP contribution < -0.4 is 21.3 Å². The molecule has 0 aromatic heterocycles. The highest BCUT2D eigenvalue weighted by Gasteiger charge is 2.49. The number of nitrogens with zero attached hydrogens (tertiary/aromatic N) is 8. The summed E-state index contributed by atoms with van der Waals surface area (Å²) in [6.07, 6.45) is 1.70. The van der Waals surface area contributed by atoms with Crippen molar-refractivity contribution in [2.45, 2.75) is 279 Å². The Morgan fingerprint density at radius 2 is 0.969 bits per heavy atom. The number of hydrogen-bond donors (Lipinski definition) is 5. The van der Waals surface area contributed by atoms with Crippen molar-refractivity contribution in [3.63, 3.8) is 0 Å². The van der Waals surface area contributed by atoms with E-state index in [1.54, 1.807) is 18.7 Å². The van der Waals surface area contributed by atoms with E-state index in [0.717, 1.165) is 6.42 Å². The van der Waals surface area contributed by atoms with Crippen LogP contribution in [-0.2, 0) is 62.3 Å². The largest absolute Gasteiger partial charge is 0.391 e. The fourth-order valence-corrected chi connectivity index (χ4v) is 14.0. The van der Waals surface area contributed by atoms with E-state index in [2.05, 4.69) is 21.3 Å². The average Bonchev–Trinajstić information content (AvgIpc) is 1.82. The van der Waals surface area contributed by atoms with Crippen molar-refractivity contribution >= 4 is 70.9 Å². The summed E-state index contributed by atoms with van der Waals surface area (Å²) in [5.74, 6) is -9.16. The highest BCUT2D eigenvalue weighted by molar-refractivity contribution is 6.00. The van der Waals surface area contributed by atoms with Gasteiger partial charge in [0.2, 0.25) is 70.9 Å². The topological polar surface area (TPSA) is 308 Å². The number of fused-ring (bicyclic) bond motifs is 2. The maximum Gasteiger partial charge on any atom is 0.248 e. The van der Waals surface area contributed by atoms with Crippen molar-refractivity contribution in [2.75, 3.05) is 68.0 Å². The second-order valence-corrected chi connectivity index (χ2v) is 30.1. The number of carbonyl (C=O) groups is 12. The standard InChI is InChI=1S/C71H124N12O14/c1-21-28-51-61(86)72-49(33-41(4)5)65(90)78(18)53(34-42(6)7)63(88)75-60(47(15)84)71(96)82-32-27-29-52(82)67(92)79(19)54(35-43(8)9)62(87)74-59(46(14)22-2)70(95)80(20)57(37-45(12)13)69(94)83-40-48(97-23-3)38-55(83)64(89)73-50(66(91)81-30-25-24-26-31-81)39-58(85)76(16)56(36-44(10)11)68(93)77(51)17/h41-57,59-60,84H,21-40H2,1-20H3,(H,72,86)(H,73,89)(H,74,87)(H,75,88)/t46-,47+,48+,49-,50-,51-,52-,53-,54-,55-,56+,57-,59-,60-/m0/s1. The minimum Gasteiger partial charge on any atom is -0.391 e. The second kappa shape index (κ2) is 38.2. The maximum absolute atomic E-state index is 15.5. The van der Waals surface area contributed by atoms with Crippen LogP contribution in [0.1, 0.15) is 200 Å². The fraction of sp³-hybridized carbons (Fsp3) is 0.831. The Morgan fingerprint density at radius 3 is 1.47 bits per heavy atom. The molecule has 4 aliphatic rings. The van der Waals surface area contributed by atoms with Gasteiger partial charge in [0.25, 0.3) is 0 Å². The summed E-state index contributed by atoms with van der Waals surface area (Å²) < 4.78 is 6.10. The Bertz CT molecular complexity index is 2700. The SMILES string of the molecule is CCC[C@H]1C(=O)N[C@@H](CC(C)C)C(=O)N(C)[C@@H](CC(C)C)C(=O)N[C@@H]([C@@H](C)O)C(=O)N2CCC[C@H]2C(=O)N(C)[C@@H](CC(C)C)C(=O)N[C@@H]([C@@H](C)CC)C(=O)N(C)[C@@H](CC(C)C)C(=O)N2C[C@H](OCC)C[C@H]2C(=O)N[C@H](C(=O)N2CCCCC2)CC(=O)N(C)[C@H](CC(C)C)C(=O)N1C. The number of likely N-dealkylation sites (tertiary alicyclic amines) is 1. The van der Waals surface area contributed by atoms with E-state index in [9.17, 15) is 24.3 Å². The van der Waals surface area contributed by atoms with Crippen molar-refractivity contribution in [1.82, 2.24) is 60.5 Å². The summed E-state index contributed by atoms with van der Waals surface area (Å²) in [7, 11) is 7.30. The summed E-state index contributed by atoms with van der Waals surface area (Å²) >= 11 is 0. The van der Waals surface area contributed by atoms with Crippen molar-refractivity contribution in [2.24, 2.45) is 35.5 Å². The third kappa shape index (κ3) is 22.3. The molecule has 4 saturated heterocycles. The molecule has 0 radical (unpaired) electrons. The van der Waals surface area contributed by atoms with Crippen molar-refractivity contribution < 1.29 is 67.4 Å². The van der Waals surface area contributed by atoms with Gasteiger partial charge in [0.05, 0.1) is 18.6 Å². The van der Waals surface area contributed by atoms with Gasteiger partial charge in [-0.1, -0.05) is 103 Å². The molecule has 26 nitrogen and oxygen atoms in total. The molecular formula is C71H124N12O14. The van der Waals surface area contributed by atoms with E-state index in [0.29, 0.717) is 45.2 Å². The van der Waals surface area contributed by atoms with Crippen LogP contribution in [0.5, 0.6) is 0 Å². The summed E-state index contributed by atoms with van der Waals surface area (Å²) in [5, 5.41) is 22.9. The molecule has 4 rings (SSSR count). The number of nitrogens with one attached hydrogen (secondary N) is 4. The molecule has 5 N–H and O–H groups in total. The van der Waals surface area contributed by atoms with E-state index in [1.165, 1.54) is 76.5 Å². The molecule has 0 spiro atoms. The third-order valence-corrected chi connectivity index (χ3v) is 19.8. The van der Waals surface area contributed by atoms with E-state index in [4.69, 9.17) is 4.74 Å². The molecule has 0 bridgehead atoms. The molecule has 4 aliphatic heterocycles. The number of aliphatic hydroxyl groups is 1. The van der Waals surface area contributed by atoms with Crippen LogP contribution in [0.25, 0.3) is 0 Å². The lowest BCUT2D eigenvalue weighted by Crippen LogP contribution is -2.62. The first-order valence-electron chi connectivity index (χ1n) is 36.2. The zero-order valence-corrected chi connectivity index (χ0v) is 62.4. The number of likely N-dealkylation sites (N-methyl/N-ethyl adjacent to an activating group) is 5. The number of amides is 12. The molecule has 0 aromatic rings. The number of hydrogen-bond acceptors (Lipinski definition) is 14. The lowest BCUT2D eigenvalue weighted by atomic mass is 9.94. The number of piperidine rings is 1. The smallest absolute Gasteiger partial charge is 0.248 e. The summed E-state index contributed by atoms with van der Waals surface area (Å²) in [5.41, 5.74) is 0. The Kier molecular flexibility index (Phi) is 32.7. The minimum absolute atomic E-state index is 0.0149. The van der Waals surface area contributed by atoms with Gasteiger partial charge in [0, 0.05) is 74.4 Å². The zero-order valence-electron chi connectivity index (χ0n) is 62.4. The van der Waals surface area contributed by atoms with Crippen LogP contribution in [0.4, 0.5) is 0 Å². The summed E-state index contributed by atoms with van der Waals surface area (Å²) in [6.45, 7) is 28.4. The van der Waals surface area contributed by atoms with Gasteiger partial charge in [-0.2, -0.15) is 0 Å². The van der Waals surface area contributed by atoms with Gasteiger partial charge in [0.15, 0.2) is 0 Å². The third-order valence-electron chi connectivity index (χ3n) is 19.8. The zero-order chi connectivity index (χ0) is 73.2. The molecule has 12 amide bonds. The molecule has 14 atom stereocenters. The molecule has 0 unspecified atom stereocenters. The molecule has 0 aromatic carbocycles. The first-order valence-corrected chi connectivity index (χ1v) is 36.2. The lowest BCUT2D eigenvalue weighted by Gasteiger charge is -2.38. The van der Waals surface area contributed by atoms with Crippen molar-refractivity contribution in [1.29, 1.82) is 0 Å². The normalized spacial score (nSPS) is 28.6. The Morgan fingerprint density at radius 1 is 0.485 bits per heavy atom. The molecule has 0 aliphatic carbocycles. The number of ether oxygens (including phenoxy) is 1. The minimum atomic E-state index is -1.60. The van der Waals surface area contributed by atoms with Crippen LogP contribution in [0.15, 0.2) is 0 Å². The van der Waals surface area contributed by atoms with Gasteiger partial charge in [-0.25, -0.2) is 0 Å². The highest BCUT2D eigenvalue weighted by atomic mass is 16.5. The molecule has 4 fully saturated rings. The Labute approximate surface area is 578 Å². The predicted octanol–water partition coefficient (Wildman–Crippen LogP) is 3.93. The van der Waals surface area contributed by atoms with Crippen molar-refractivity contribution in [3.8, 4) is 0 Å². The fourth-order valence-electron chi connectivity index (χ4n) is 14.0. The first kappa shape index (κ1) is 83.0. The maximum atomic E-state index is 15.5. The van der Waals surface area contributed by atoms with Gasteiger partial charge in [0.1, 0.15) is 66.5 Å². The second-order valence-electron chi connectivity index (χ2n) is 30.1. The molecule has 552 valence electrons. The predicted molar refractivity (Wildman–Crippen MR) is 369 cm³/mol. The quantitative estimate of drug-likeness (QED) is 0.130. The average molecular weight is 1370 g/mol. The van der Waals surface area contributed by atoms with Gasteiger partial charge in [-0.15, -0.1) is 0 Å². The Balaban J connectivity index is 1.98. The molecule has 4 heterocycles. The summed E-state index contributed by atoms with van der Waals surface area (Å²) in [6, 6.07) is -13.8. The molecule has 0 saturated carbocycles. The molecule has 26 heteroatoms. The molecular weight excluding hydrogens is 1240 g/mol. The number of aliphatic hydroxyl groups excluding tert-OH is 1. The summed E-state index contributed by atoms with van der Waals surface area (Å²) in [4.78, 5) is 191. The first-order chi connectivity index (χ1) is 45.4. The van der Waals surface area contributed by atoms with Gasteiger partial charge >= 0.3 is 0 Å². The van der Waals surface area contributed by atoms with Crippen molar-refractivity contribution in [3.05, 3.63) is 0 Å². The Hall–Kier alpha value is -6.44. The van der Waals surface area contributed by atoms with Crippen LogP contribution >= 0.6 is 0 Å². The number of carbonyl (C=O) groups excluding carboxylic acids is 12. The highest BCUT2D eigenvalue weighted by Crippen LogP contribution is 2.29. The van der Waals surface area contributed by atoms with Crippen LogP contribution in [0.2, 0.25) is 0 Å². The molecule has 97 heavy (non-hydrogen) atoms. The van der Waals surface area contributed by atoms with E-state index < -0.39 is 162 Å². The monoisotopic (exact) mass is 1370 g/mol. The van der Waals surface area contributed by atoms with Crippen LogP contribution in [0.3, 0.4) is 0 Å².